The van der Waals surface area contributed by atoms with Crippen LogP contribution in [0.25, 0.3) is 11.1 Å². The zero-order valence-corrected chi connectivity index (χ0v) is 18.3. The van der Waals surface area contributed by atoms with Gasteiger partial charge in [-0.15, -0.1) is 11.3 Å². The van der Waals surface area contributed by atoms with Gasteiger partial charge in [-0.05, 0) is 48.6 Å². The first-order valence-electron chi connectivity index (χ1n) is 9.80. The third kappa shape index (κ3) is 4.59. The Morgan fingerprint density at radius 1 is 1.32 bits per heavy atom. The molecule has 3 aromatic rings. The number of halogens is 1. The number of nitrogens with zero attached hydrogens (tertiary/aromatic N) is 2. The minimum atomic E-state index is -3.41. The average molecular weight is 461 g/mol. The molecule has 0 radical (unpaired) electrons. The number of amides is 1. The van der Waals surface area contributed by atoms with Gasteiger partial charge < -0.3 is 5.73 Å². The lowest BCUT2D eigenvalue weighted by atomic mass is 9.86. The van der Waals surface area contributed by atoms with Gasteiger partial charge >= 0.3 is 0 Å². The number of hydrogen-bond donors (Lipinski definition) is 2. The molecule has 1 atom stereocenters. The van der Waals surface area contributed by atoms with Crippen LogP contribution in [0.15, 0.2) is 42.0 Å². The van der Waals surface area contributed by atoms with Gasteiger partial charge in [0.15, 0.2) is 5.13 Å². The number of hydrogen-bond acceptors (Lipinski definition) is 6. The molecule has 2 heterocycles. The topological polar surface area (TPSA) is 115 Å². The highest BCUT2D eigenvalue weighted by Crippen LogP contribution is 2.38. The van der Waals surface area contributed by atoms with Crippen molar-refractivity contribution in [3.8, 4) is 11.1 Å². The summed E-state index contributed by atoms with van der Waals surface area (Å²) in [6.07, 6.45) is 4.62. The standard InChI is InChI=1S/C21H21FN4O3S2/c1-2-16(19-11-30-21(25-19)26-31(28,29)15-4-5-15)18-8-12(20(23)27)3-6-17(18)13-7-14(22)10-24-9-13/h3,6-11,15-16H,2,4-5H2,1H3,(H2,23,27)(H,25,26). The van der Waals surface area contributed by atoms with Crippen molar-refractivity contribution in [2.45, 2.75) is 37.4 Å². The number of pyridine rings is 1. The molecule has 31 heavy (non-hydrogen) atoms. The highest BCUT2D eigenvalue weighted by molar-refractivity contribution is 7.93. The number of carbonyl (C=O) groups excluding carboxylic acids is 1. The van der Waals surface area contributed by atoms with Gasteiger partial charge in [-0.2, -0.15) is 0 Å². The van der Waals surface area contributed by atoms with Crippen LogP contribution in [0.4, 0.5) is 9.52 Å². The number of sulfonamides is 1. The van der Waals surface area contributed by atoms with Gasteiger partial charge in [0.1, 0.15) is 5.82 Å². The molecule has 1 fully saturated rings. The molecule has 10 heteroatoms. The van der Waals surface area contributed by atoms with Crippen LogP contribution < -0.4 is 10.5 Å². The van der Waals surface area contributed by atoms with E-state index in [1.807, 2.05) is 6.92 Å². The van der Waals surface area contributed by atoms with Crippen molar-refractivity contribution >= 4 is 32.4 Å². The minimum Gasteiger partial charge on any atom is -0.366 e. The molecule has 0 bridgehead atoms. The summed E-state index contributed by atoms with van der Waals surface area (Å²) in [5, 5.41) is 1.75. The third-order valence-corrected chi connectivity index (χ3v) is 7.94. The van der Waals surface area contributed by atoms with Gasteiger partial charge in [0, 0.05) is 28.6 Å². The summed E-state index contributed by atoms with van der Waals surface area (Å²) < 4.78 is 40.8. The molecule has 0 saturated heterocycles. The van der Waals surface area contributed by atoms with Crippen LogP contribution in [-0.4, -0.2) is 29.5 Å². The molecule has 1 aliphatic carbocycles. The van der Waals surface area contributed by atoms with Gasteiger partial charge in [0.05, 0.1) is 17.1 Å². The Morgan fingerprint density at radius 3 is 2.74 bits per heavy atom. The Bertz CT molecular complexity index is 1240. The van der Waals surface area contributed by atoms with Crippen LogP contribution in [0.3, 0.4) is 0 Å². The number of thiazole rings is 1. The van der Waals surface area contributed by atoms with E-state index in [9.17, 15) is 17.6 Å². The number of nitrogens with two attached hydrogens (primary N) is 1. The lowest BCUT2D eigenvalue weighted by Crippen LogP contribution is -2.17. The summed E-state index contributed by atoms with van der Waals surface area (Å²) >= 11 is 1.21. The first kappa shape index (κ1) is 21.4. The smallest absolute Gasteiger partial charge is 0.248 e. The SMILES string of the molecule is CCC(c1csc(NS(=O)(=O)C2CC2)n1)c1cc(C(N)=O)ccc1-c1cncc(F)c1. The average Bonchev–Trinajstić information content (AvgIpc) is 3.51. The number of anilines is 1. The van der Waals surface area contributed by atoms with Crippen molar-refractivity contribution in [3.05, 3.63) is 64.7 Å². The van der Waals surface area contributed by atoms with E-state index in [2.05, 4.69) is 14.7 Å². The summed E-state index contributed by atoms with van der Waals surface area (Å²) in [5.74, 6) is -1.30. The summed E-state index contributed by atoms with van der Waals surface area (Å²) in [6, 6.07) is 6.37. The van der Waals surface area contributed by atoms with Crippen molar-refractivity contribution in [2.75, 3.05) is 4.72 Å². The quantitative estimate of drug-likeness (QED) is 0.529. The summed E-state index contributed by atoms with van der Waals surface area (Å²) in [5.41, 5.74) is 8.48. The van der Waals surface area contributed by atoms with E-state index >= 15 is 0 Å². The Balaban J connectivity index is 1.75. The molecular formula is C21H21FN4O3S2. The molecule has 1 amide bonds. The van der Waals surface area contributed by atoms with Crippen molar-refractivity contribution in [1.82, 2.24) is 9.97 Å². The fraction of sp³-hybridized carbons (Fsp3) is 0.286. The monoisotopic (exact) mass is 460 g/mol. The minimum absolute atomic E-state index is 0.256. The van der Waals surface area contributed by atoms with Gasteiger partial charge in [0.2, 0.25) is 15.9 Å². The number of nitrogens with one attached hydrogen (secondary N) is 1. The van der Waals surface area contributed by atoms with E-state index in [0.29, 0.717) is 46.8 Å². The molecule has 162 valence electrons. The maximum absolute atomic E-state index is 13.8. The van der Waals surface area contributed by atoms with E-state index in [-0.39, 0.29) is 11.2 Å². The van der Waals surface area contributed by atoms with Crippen LogP contribution in [0.2, 0.25) is 0 Å². The normalized spacial score (nSPS) is 14.9. The number of primary amides is 1. The third-order valence-electron chi connectivity index (χ3n) is 5.21. The fourth-order valence-corrected chi connectivity index (χ4v) is 5.85. The van der Waals surface area contributed by atoms with Crippen molar-refractivity contribution < 1.29 is 17.6 Å². The zero-order valence-electron chi connectivity index (χ0n) is 16.7. The first-order chi connectivity index (χ1) is 14.8. The van der Waals surface area contributed by atoms with Crippen molar-refractivity contribution in [1.29, 1.82) is 0 Å². The second-order valence-corrected chi connectivity index (χ2v) is 10.3. The molecule has 4 rings (SSSR count). The van der Waals surface area contributed by atoms with Crippen LogP contribution in [-0.2, 0) is 10.0 Å². The Hall–Kier alpha value is -2.85. The maximum atomic E-state index is 13.8. The molecule has 1 aliphatic rings. The highest BCUT2D eigenvalue weighted by atomic mass is 32.2. The van der Waals surface area contributed by atoms with Crippen LogP contribution in [0.1, 0.15) is 53.7 Å². The Labute approximate surface area is 183 Å². The van der Waals surface area contributed by atoms with Crippen molar-refractivity contribution in [2.24, 2.45) is 5.73 Å². The fourth-order valence-electron chi connectivity index (χ4n) is 3.49. The lowest BCUT2D eigenvalue weighted by Gasteiger charge is -2.19. The second-order valence-electron chi connectivity index (χ2n) is 7.44. The molecule has 7 nitrogen and oxygen atoms in total. The van der Waals surface area contributed by atoms with Crippen LogP contribution in [0.5, 0.6) is 0 Å². The van der Waals surface area contributed by atoms with E-state index in [1.165, 1.54) is 17.4 Å². The summed E-state index contributed by atoms with van der Waals surface area (Å²) in [7, 11) is -3.41. The molecule has 0 aliphatic heterocycles. The van der Waals surface area contributed by atoms with Gasteiger partial charge in [-0.25, -0.2) is 17.8 Å². The molecule has 1 unspecified atom stereocenters. The number of benzene rings is 1. The van der Waals surface area contributed by atoms with Gasteiger partial charge in [-0.3, -0.25) is 14.5 Å². The van der Waals surface area contributed by atoms with Crippen LogP contribution in [0, 0.1) is 5.82 Å². The summed E-state index contributed by atoms with van der Waals surface area (Å²) in [6.45, 7) is 1.96. The zero-order chi connectivity index (χ0) is 22.2. The predicted octanol–water partition coefficient (Wildman–Crippen LogP) is 3.89. The number of carbonyl (C=O) groups is 1. The lowest BCUT2D eigenvalue weighted by molar-refractivity contribution is 0.1000. The molecule has 2 aromatic heterocycles. The Morgan fingerprint density at radius 2 is 2.10 bits per heavy atom. The molecule has 1 saturated carbocycles. The maximum Gasteiger partial charge on any atom is 0.248 e. The van der Waals surface area contributed by atoms with Gasteiger partial charge in [0.25, 0.3) is 0 Å². The number of aromatic nitrogens is 2. The van der Waals surface area contributed by atoms with Gasteiger partial charge in [-0.1, -0.05) is 13.0 Å². The van der Waals surface area contributed by atoms with E-state index in [4.69, 9.17) is 5.73 Å². The second kappa shape index (κ2) is 8.35. The number of rotatable bonds is 8. The first-order valence-corrected chi connectivity index (χ1v) is 12.2. The highest BCUT2D eigenvalue weighted by Gasteiger charge is 2.36. The molecule has 1 aromatic carbocycles. The predicted molar refractivity (Wildman–Crippen MR) is 118 cm³/mol. The van der Waals surface area contributed by atoms with Crippen LogP contribution >= 0.6 is 11.3 Å². The van der Waals surface area contributed by atoms with E-state index in [1.54, 1.807) is 29.8 Å². The van der Waals surface area contributed by atoms with E-state index < -0.39 is 21.7 Å². The Kier molecular flexibility index (Phi) is 5.76. The summed E-state index contributed by atoms with van der Waals surface area (Å²) in [4.78, 5) is 20.2. The largest absolute Gasteiger partial charge is 0.366 e. The molecular weight excluding hydrogens is 439 g/mol. The van der Waals surface area contributed by atoms with Crippen molar-refractivity contribution in [3.63, 3.8) is 0 Å². The molecule has 0 spiro atoms. The molecule has 3 N–H and O–H groups in total. The van der Waals surface area contributed by atoms with E-state index in [0.717, 1.165) is 11.8 Å².